The first-order valence-electron chi connectivity index (χ1n) is 11.6. The fourth-order valence-electron chi connectivity index (χ4n) is 4.73. The van der Waals surface area contributed by atoms with Crippen LogP contribution in [-0.4, -0.2) is 34.8 Å². The van der Waals surface area contributed by atoms with Gasteiger partial charge in [0.1, 0.15) is 6.17 Å². The highest BCUT2D eigenvalue weighted by molar-refractivity contribution is 6.08. The van der Waals surface area contributed by atoms with E-state index in [9.17, 15) is 10.1 Å². The molecule has 174 valence electrons. The molecule has 1 saturated heterocycles. The molecule has 34 heavy (non-hydrogen) atoms. The number of fused-ring (bicyclic) bond motifs is 1. The van der Waals surface area contributed by atoms with Crippen molar-refractivity contribution in [3.63, 3.8) is 0 Å². The second-order valence-corrected chi connectivity index (χ2v) is 8.35. The van der Waals surface area contributed by atoms with Crippen molar-refractivity contribution in [2.45, 2.75) is 38.4 Å². The molecule has 0 aromatic heterocycles. The number of nitrogens with zero attached hydrogens (tertiary/aromatic N) is 3. The third kappa shape index (κ3) is 4.14. The Balaban J connectivity index is 1.45. The van der Waals surface area contributed by atoms with E-state index in [4.69, 9.17) is 14.5 Å². The quantitative estimate of drug-likeness (QED) is 0.181. The first-order chi connectivity index (χ1) is 16.6. The van der Waals surface area contributed by atoms with Crippen LogP contribution in [-0.2, 0) is 9.47 Å². The molecular formula is C27H27N3O4. The fourth-order valence-corrected chi connectivity index (χ4v) is 4.73. The van der Waals surface area contributed by atoms with Crippen molar-refractivity contribution < 1.29 is 14.4 Å². The Bertz CT molecular complexity index is 1170. The van der Waals surface area contributed by atoms with E-state index in [0.29, 0.717) is 13.2 Å². The van der Waals surface area contributed by atoms with Crippen LogP contribution in [0.2, 0.25) is 0 Å². The Morgan fingerprint density at radius 1 is 0.882 bits per heavy atom. The summed E-state index contributed by atoms with van der Waals surface area (Å²) >= 11 is 0. The first kappa shape index (κ1) is 22.4. The maximum absolute atomic E-state index is 11.1. The van der Waals surface area contributed by atoms with E-state index in [1.807, 2.05) is 56.3 Å². The van der Waals surface area contributed by atoms with Crippen molar-refractivity contribution in [1.29, 1.82) is 0 Å². The zero-order valence-corrected chi connectivity index (χ0v) is 19.2. The molecule has 5 rings (SSSR count). The second-order valence-electron chi connectivity index (χ2n) is 8.35. The van der Waals surface area contributed by atoms with Crippen LogP contribution in [0.3, 0.4) is 0 Å². The molecule has 1 fully saturated rings. The molecule has 7 heteroatoms. The van der Waals surface area contributed by atoms with Gasteiger partial charge in [0.05, 0.1) is 22.7 Å². The van der Waals surface area contributed by atoms with Gasteiger partial charge in [-0.15, -0.1) is 0 Å². The predicted molar refractivity (Wildman–Crippen MR) is 130 cm³/mol. The van der Waals surface area contributed by atoms with E-state index in [0.717, 1.165) is 28.0 Å². The largest absolute Gasteiger partial charge is 0.349 e. The summed E-state index contributed by atoms with van der Waals surface area (Å²) in [4.78, 5) is 18.2. The molecule has 0 spiro atoms. The third-order valence-corrected chi connectivity index (χ3v) is 6.33. The number of nitro benzene ring substituents is 1. The Labute approximate surface area is 198 Å². The number of nitro groups is 1. The van der Waals surface area contributed by atoms with E-state index in [2.05, 4.69) is 29.2 Å². The molecular weight excluding hydrogens is 430 g/mol. The SMILES string of the molecule is CCOC(OCC)c1ccc([C@@H]2N=C(c3ccccc3)[C@@H]3[C@@H](c4ccc([N+](=O)[O-])cc4)N32)cc1. The minimum atomic E-state index is -0.377. The van der Waals surface area contributed by atoms with Crippen molar-refractivity contribution >= 4 is 11.4 Å². The van der Waals surface area contributed by atoms with Gasteiger partial charge in [0.2, 0.25) is 0 Å². The van der Waals surface area contributed by atoms with E-state index in [-0.39, 0.29) is 35.2 Å². The smallest absolute Gasteiger partial charge is 0.269 e. The molecule has 2 heterocycles. The fraction of sp³-hybridized carbons (Fsp3) is 0.296. The van der Waals surface area contributed by atoms with Crippen molar-refractivity contribution in [1.82, 2.24) is 4.90 Å². The number of hydrogen-bond donors (Lipinski definition) is 0. The Morgan fingerprint density at radius 3 is 2.09 bits per heavy atom. The Morgan fingerprint density at radius 2 is 1.50 bits per heavy atom. The van der Waals surface area contributed by atoms with Crippen LogP contribution in [0.15, 0.2) is 83.9 Å². The van der Waals surface area contributed by atoms with Crippen LogP contribution < -0.4 is 0 Å². The van der Waals surface area contributed by atoms with E-state index in [1.54, 1.807) is 12.1 Å². The third-order valence-electron chi connectivity index (χ3n) is 6.33. The van der Waals surface area contributed by atoms with Crippen LogP contribution in [0.25, 0.3) is 0 Å². The monoisotopic (exact) mass is 457 g/mol. The molecule has 3 aromatic rings. The summed E-state index contributed by atoms with van der Waals surface area (Å²) < 4.78 is 11.5. The summed E-state index contributed by atoms with van der Waals surface area (Å²) in [5.41, 5.74) is 5.40. The summed E-state index contributed by atoms with van der Waals surface area (Å²) in [6.07, 6.45) is -0.495. The van der Waals surface area contributed by atoms with Crippen molar-refractivity contribution in [3.8, 4) is 0 Å². The number of non-ortho nitro benzene ring substituents is 1. The first-order valence-corrected chi connectivity index (χ1v) is 11.6. The molecule has 3 aromatic carbocycles. The molecule has 0 radical (unpaired) electrons. The molecule has 2 aliphatic heterocycles. The van der Waals surface area contributed by atoms with Crippen LogP contribution >= 0.6 is 0 Å². The van der Waals surface area contributed by atoms with Crippen LogP contribution in [0.4, 0.5) is 5.69 Å². The lowest BCUT2D eigenvalue weighted by Gasteiger charge is -2.19. The van der Waals surface area contributed by atoms with Gasteiger partial charge in [-0.1, -0.05) is 66.7 Å². The minimum absolute atomic E-state index is 0.104. The van der Waals surface area contributed by atoms with Gasteiger partial charge < -0.3 is 9.47 Å². The lowest BCUT2D eigenvalue weighted by molar-refractivity contribution is -0.384. The van der Waals surface area contributed by atoms with Crippen molar-refractivity contribution in [2.24, 2.45) is 4.99 Å². The van der Waals surface area contributed by atoms with E-state index in [1.165, 1.54) is 0 Å². The number of benzene rings is 3. The average molecular weight is 458 g/mol. The lowest BCUT2D eigenvalue weighted by Crippen LogP contribution is -2.10. The molecule has 0 bridgehead atoms. The van der Waals surface area contributed by atoms with Gasteiger partial charge in [-0.05, 0) is 30.5 Å². The summed E-state index contributed by atoms with van der Waals surface area (Å²) in [5, 5.41) is 11.1. The second kappa shape index (κ2) is 9.46. The van der Waals surface area contributed by atoms with Crippen LogP contribution in [0.5, 0.6) is 0 Å². The zero-order valence-electron chi connectivity index (χ0n) is 19.2. The molecule has 0 amide bonds. The number of ether oxygens (including phenoxy) is 2. The van der Waals surface area contributed by atoms with Gasteiger partial charge in [0, 0.05) is 30.9 Å². The Kier molecular flexibility index (Phi) is 6.24. The highest BCUT2D eigenvalue weighted by Crippen LogP contribution is 2.55. The molecule has 7 nitrogen and oxygen atoms in total. The molecule has 2 aliphatic rings. The normalized spacial score (nSPS) is 23.0. The van der Waals surface area contributed by atoms with E-state index < -0.39 is 0 Å². The van der Waals surface area contributed by atoms with E-state index >= 15 is 0 Å². The molecule has 4 atom stereocenters. The van der Waals surface area contributed by atoms with Crippen molar-refractivity contribution in [2.75, 3.05) is 13.2 Å². The summed E-state index contributed by atoms with van der Waals surface area (Å²) in [7, 11) is 0. The van der Waals surface area contributed by atoms with Gasteiger partial charge in [-0.25, -0.2) is 0 Å². The highest BCUT2D eigenvalue weighted by Gasteiger charge is 2.59. The predicted octanol–water partition coefficient (Wildman–Crippen LogP) is 5.59. The molecule has 1 unspecified atom stereocenters. The van der Waals surface area contributed by atoms with Gasteiger partial charge in [-0.3, -0.25) is 20.0 Å². The Hall–Kier alpha value is -3.39. The van der Waals surface area contributed by atoms with Gasteiger partial charge in [-0.2, -0.15) is 0 Å². The molecule has 0 aliphatic carbocycles. The lowest BCUT2D eigenvalue weighted by atomic mass is 10.0. The van der Waals surface area contributed by atoms with Gasteiger partial charge in [0.25, 0.3) is 5.69 Å². The topological polar surface area (TPSA) is 77.0 Å². The maximum atomic E-state index is 11.1. The molecule has 0 saturated carbocycles. The summed E-state index contributed by atoms with van der Waals surface area (Å²) in [5.74, 6) is 0. The van der Waals surface area contributed by atoms with Gasteiger partial charge >= 0.3 is 0 Å². The highest BCUT2D eigenvalue weighted by atomic mass is 16.7. The summed E-state index contributed by atoms with van der Waals surface area (Å²) in [6, 6.07) is 25.6. The minimum Gasteiger partial charge on any atom is -0.349 e. The molecule has 0 N–H and O–H groups in total. The van der Waals surface area contributed by atoms with Crippen LogP contribution in [0, 0.1) is 10.1 Å². The summed E-state index contributed by atoms with van der Waals surface area (Å²) in [6.45, 7) is 5.06. The van der Waals surface area contributed by atoms with Gasteiger partial charge in [0.15, 0.2) is 6.29 Å². The number of aliphatic imine (C=N–C) groups is 1. The zero-order chi connectivity index (χ0) is 23.7. The van der Waals surface area contributed by atoms with Crippen molar-refractivity contribution in [3.05, 3.63) is 111 Å². The average Bonchev–Trinajstić information content (AvgIpc) is 3.48. The number of hydrogen-bond acceptors (Lipinski definition) is 6. The standard InChI is InChI=1S/C27H27N3O4/c1-3-33-27(34-4-2)21-12-10-20(11-13-21)26-28-23(18-8-6-5-7-9-18)25-24(29(25)26)19-14-16-22(17-15-19)30(31)32/h5-17,24-27H,3-4H2,1-2H3/t24-,25-,26-,29?/m1/s1. The maximum Gasteiger partial charge on any atom is 0.269 e. The van der Waals surface area contributed by atoms with Crippen LogP contribution in [0.1, 0.15) is 54.6 Å². The number of rotatable bonds is 9.